The van der Waals surface area contributed by atoms with Gasteiger partial charge in [0.15, 0.2) is 0 Å². The molecular formula is C14H35N3Si. The first-order valence-electron chi connectivity index (χ1n) is 7.81. The summed E-state index contributed by atoms with van der Waals surface area (Å²) in [6, 6.07) is 2.56. The van der Waals surface area contributed by atoms with Crippen LogP contribution in [-0.4, -0.2) is 34.4 Å². The molecule has 1 fully saturated rings. The molecule has 2 unspecified atom stereocenters. The second kappa shape index (κ2) is 11.0. The van der Waals surface area contributed by atoms with Gasteiger partial charge in [-0.15, -0.1) is 0 Å². The van der Waals surface area contributed by atoms with Crippen LogP contribution in [0, 0.1) is 0 Å². The molecular weight excluding hydrogens is 238 g/mol. The van der Waals surface area contributed by atoms with E-state index in [1.807, 2.05) is 0 Å². The molecule has 0 spiro atoms. The third-order valence-electron chi connectivity index (χ3n) is 4.03. The highest BCUT2D eigenvalue weighted by molar-refractivity contribution is 6.78. The van der Waals surface area contributed by atoms with Crippen molar-refractivity contribution in [1.82, 2.24) is 10.6 Å². The lowest BCUT2D eigenvalue weighted by Gasteiger charge is -2.31. The second-order valence-corrected chi connectivity index (χ2v) is 10.2. The summed E-state index contributed by atoms with van der Waals surface area (Å²) in [4.78, 5) is 0. The third-order valence-corrected chi connectivity index (χ3v) is 9.03. The molecule has 1 rings (SSSR count). The molecule has 18 heavy (non-hydrogen) atoms. The summed E-state index contributed by atoms with van der Waals surface area (Å²) in [5.74, 6) is 0. The highest BCUT2D eigenvalue weighted by Gasteiger charge is 2.31. The summed E-state index contributed by atoms with van der Waals surface area (Å²) in [5.41, 5.74) is 0.812. The third kappa shape index (κ3) is 7.51. The zero-order valence-electron chi connectivity index (χ0n) is 13.0. The van der Waals surface area contributed by atoms with Crippen LogP contribution < -0.4 is 16.0 Å². The molecule has 0 aromatic carbocycles. The standard InChI is InChI=1S/C10H25NSi.C4H10N2/c1-5-8-10(4)12(11,7-3)9-6-2;1-2-6-4-3-5-1/h10H,5-9,11H2,1-4H3;5-6H,1-4H2. The van der Waals surface area contributed by atoms with Crippen molar-refractivity contribution >= 4 is 8.24 Å². The van der Waals surface area contributed by atoms with Crippen molar-refractivity contribution in [2.45, 2.75) is 64.6 Å². The number of piperazine rings is 1. The molecule has 0 bridgehead atoms. The van der Waals surface area contributed by atoms with Gasteiger partial charge in [-0.2, -0.15) is 0 Å². The van der Waals surface area contributed by atoms with E-state index in [4.69, 9.17) is 5.40 Å². The van der Waals surface area contributed by atoms with Gasteiger partial charge in [-0.3, -0.25) is 0 Å². The minimum absolute atomic E-state index is 0.812. The maximum absolute atomic E-state index is 6.48. The fraction of sp³-hybridized carbons (Fsp3) is 1.00. The van der Waals surface area contributed by atoms with Crippen LogP contribution in [-0.2, 0) is 0 Å². The Morgan fingerprint density at radius 3 is 1.78 bits per heavy atom. The molecule has 0 radical (unpaired) electrons. The van der Waals surface area contributed by atoms with Crippen LogP contribution in [0.15, 0.2) is 0 Å². The van der Waals surface area contributed by atoms with E-state index < -0.39 is 8.24 Å². The van der Waals surface area contributed by atoms with Crippen molar-refractivity contribution in [3.05, 3.63) is 0 Å². The van der Waals surface area contributed by atoms with Crippen molar-refractivity contribution in [2.75, 3.05) is 26.2 Å². The van der Waals surface area contributed by atoms with E-state index in [-0.39, 0.29) is 0 Å². The van der Waals surface area contributed by atoms with Gasteiger partial charge in [0.2, 0.25) is 0 Å². The molecule has 3 nitrogen and oxygen atoms in total. The lowest BCUT2D eigenvalue weighted by Crippen LogP contribution is -2.48. The zero-order chi connectivity index (χ0) is 13.9. The van der Waals surface area contributed by atoms with Gasteiger partial charge in [-0.1, -0.05) is 47.0 Å². The summed E-state index contributed by atoms with van der Waals surface area (Å²) in [7, 11) is -1.35. The summed E-state index contributed by atoms with van der Waals surface area (Å²) in [6.45, 7) is 13.7. The van der Waals surface area contributed by atoms with Gasteiger partial charge >= 0.3 is 0 Å². The maximum Gasteiger partial charge on any atom is 0.125 e. The lowest BCUT2D eigenvalue weighted by atomic mass is 10.3. The van der Waals surface area contributed by atoms with E-state index in [0.29, 0.717) is 0 Å². The Morgan fingerprint density at radius 2 is 1.50 bits per heavy atom. The monoisotopic (exact) mass is 273 g/mol. The molecule has 2 atom stereocenters. The van der Waals surface area contributed by atoms with E-state index in [9.17, 15) is 0 Å². The van der Waals surface area contributed by atoms with Crippen LogP contribution in [0.4, 0.5) is 0 Å². The molecule has 0 aromatic rings. The Balaban J connectivity index is 0.000000397. The predicted octanol–water partition coefficient (Wildman–Crippen LogP) is 2.69. The molecule has 1 aliphatic rings. The van der Waals surface area contributed by atoms with E-state index >= 15 is 0 Å². The average molecular weight is 274 g/mol. The van der Waals surface area contributed by atoms with Crippen LogP contribution in [0.1, 0.15) is 47.0 Å². The predicted molar refractivity (Wildman–Crippen MR) is 85.6 cm³/mol. The van der Waals surface area contributed by atoms with Crippen LogP contribution >= 0.6 is 0 Å². The number of nitrogens with two attached hydrogens (primary N) is 1. The average Bonchev–Trinajstić information content (AvgIpc) is 2.42. The van der Waals surface area contributed by atoms with Crippen LogP contribution in [0.3, 0.4) is 0 Å². The first-order valence-corrected chi connectivity index (χ1v) is 10.4. The van der Waals surface area contributed by atoms with Gasteiger partial charge in [0.25, 0.3) is 0 Å². The fourth-order valence-corrected chi connectivity index (χ4v) is 5.90. The molecule has 0 aliphatic carbocycles. The maximum atomic E-state index is 6.48. The second-order valence-electron chi connectivity index (χ2n) is 5.53. The largest absolute Gasteiger partial charge is 0.350 e. The molecule has 110 valence electrons. The van der Waals surface area contributed by atoms with Gasteiger partial charge in [0.1, 0.15) is 8.24 Å². The van der Waals surface area contributed by atoms with Crippen molar-refractivity contribution in [1.29, 1.82) is 0 Å². The molecule has 4 N–H and O–H groups in total. The van der Waals surface area contributed by atoms with Gasteiger partial charge in [0.05, 0.1) is 0 Å². The van der Waals surface area contributed by atoms with Gasteiger partial charge in [-0.25, -0.2) is 0 Å². The van der Waals surface area contributed by atoms with Gasteiger partial charge in [-0.05, 0) is 17.6 Å². The van der Waals surface area contributed by atoms with Crippen LogP contribution in [0.25, 0.3) is 0 Å². The fourth-order valence-electron chi connectivity index (χ4n) is 2.56. The van der Waals surface area contributed by atoms with Crippen molar-refractivity contribution in [3.63, 3.8) is 0 Å². The minimum atomic E-state index is -1.35. The highest BCUT2D eigenvalue weighted by Crippen LogP contribution is 2.29. The Morgan fingerprint density at radius 1 is 1.00 bits per heavy atom. The molecule has 0 amide bonds. The SMILES string of the molecule is C1CNCCN1.CCCC(C)[Si](N)(CC)CCC. The molecule has 4 heteroatoms. The molecule has 1 heterocycles. The number of nitrogens with one attached hydrogen (secondary N) is 2. The van der Waals surface area contributed by atoms with Crippen molar-refractivity contribution in [2.24, 2.45) is 5.40 Å². The Bertz CT molecular complexity index is 174. The topological polar surface area (TPSA) is 50.1 Å². The Kier molecular flexibility index (Phi) is 11.0. The van der Waals surface area contributed by atoms with E-state index in [2.05, 4.69) is 38.3 Å². The van der Waals surface area contributed by atoms with Crippen LogP contribution in [0.5, 0.6) is 0 Å². The smallest absolute Gasteiger partial charge is 0.125 e. The van der Waals surface area contributed by atoms with Crippen molar-refractivity contribution in [3.8, 4) is 0 Å². The first kappa shape index (κ1) is 18.1. The van der Waals surface area contributed by atoms with Crippen LogP contribution in [0.2, 0.25) is 17.6 Å². The highest BCUT2D eigenvalue weighted by atomic mass is 28.3. The summed E-state index contributed by atoms with van der Waals surface area (Å²) in [5, 5.41) is 12.9. The lowest BCUT2D eigenvalue weighted by molar-refractivity contribution is 0.534. The van der Waals surface area contributed by atoms with E-state index in [1.54, 1.807) is 0 Å². The number of hydrogen-bond donors (Lipinski definition) is 3. The summed E-state index contributed by atoms with van der Waals surface area (Å²) in [6.07, 6.45) is 3.89. The molecule has 1 saturated heterocycles. The number of rotatable bonds is 6. The molecule has 0 saturated carbocycles. The van der Waals surface area contributed by atoms with Gasteiger partial charge < -0.3 is 16.0 Å². The first-order chi connectivity index (χ1) is 8.60. The Hall–Kier alpha value is 0.0969. The summed E-state index contributed by atoms with van der Waals surface area (Å²) < 4.78 is 0. The van der Waals surface area contributed by atoms with E-state index in [1.165, 1.54) is 31.4 Å². The number of hydrogen-bond acceptors (Lipinski definition) is 3. The normalized spacial score (nSPS) is 20.5. The zero-order valence-corrected chi connectivity index (χ0v) is 14.0. The Labute approximate surface area is 115 Å². The van der Waals surface area contributed by atoms with E-state index in [0.717, 1.165) is 31.7 Å². The summed E-state index contributed by atoms with van der Waals surface area (Å²) >= 11 is 0. The molecule has 0 aromatic heterocycles. The quantitative estimate of drug-likeness (QED) is 0.652. The molecule has 1 aliphatic heterocycles. The van der Waals surface area contributed by atoms with Gasteiger partial charge in [0, 0.05) is 26.2 Å². The van der Waals surface area contributed by atoms with Crippen molar-refractivity contribution < 1.29 is 0 Å². The minimum Gasteiger partial charge on any atom is -0.350 e.